The van der Waals surface area contributed by atoms with Gasteiger partial charge in [0.15, 0.2) is 0 Å². The molecule has 4 heteroatoms. The van der Waals surface area contributed by atoms with Crippen LogP contribution in [-0.2, 0) is 11.2 Å². The summed E-state index contributed by atoms with van der Waals surface area (Å²) >= 11 is 0. The molecule has 2 atom stereocenters. The number of hydrogen-bond donors (Lipinski definition) is 2. The largest absolute Gasteiger partial charge is 0.497 e. The van der Waals surface area contributed by atoms with Crippen LogP contribution in [0.1, 0.15) is 18.9 Å². The van der Waals surface area contributed by atoms with Crippen molar-refractivity contribution in [1.82, 2.24) is 5.32 Å². The molecule has 0 bridgehead atoms. The summed E-state index contributed by atoms with van der Waals surface area (Å²) in [6, 6.07) is 8.51. The fourth-order valence-corrected chi connectivity index (χ4v) is 1.87. The third kappa shape index (κ3) is 6.57. The maximum Gasteiger partial charge on any atom is 0.118 e. The first kappa shape index (κ1) is 16.0. The first-order valence-corrected chi connectivity index (χ1v) is 6.69. The summed E-state index contributed by atoms with van der Waals surface area (Å²) < 4.78 is 10.0. The van der Waals surface area contributed by atoms with Crippen molar-refractivity contribution < 1.29 is 14.6 Å². The fraction of sp³-hybridized carbons (Fsp3) is 0.600. The second-order valence-electron chi connectivity index (χ2n) is 4.81. The Kier molecular flexibility index (Phi) is 7.48. The lowest BCUT2D eigenvalue weighted by Gasteiger charge is -2.16. The summed E-state index contributed by atoms with van der Waals surface area (Å²) in [5.74, 6) is 0.887. The Labute approximate surface area is 115 Å². The average Bonchev–Trinajstić information content (AvgIpc) is 2.44. The van der Waals surface area contributed by atoms with E-state index in [-0.39, 0.29) is 0 Å². The molecule has 0 aliphatic rings. The summed E-state index contributed by atoms with van der Waals surface area (Å²) in [6.07, 6.45) is 1.61. The Hall–Kier alpha value is -1.10. The third-order valence-corrected chi connectivity index (χ3v) is 3.09. The molecule has 0 fully saturated rings. The van der Waals surface area contributed by atoms with Gasteiger partial charge in [0.2, 0.25) is 0 Å². The molecule has 108 valence electrons. The highest BCUT2D eigenvalue weighted by atomic mass is 16.5. The van der Waals surface area contributed by atoms with Gasteiger partial charge in [0.05, 0.1) is 19.8 Å². The van der Waals surface area contributed by atoms with Crippen molar-refractivity contribution in [2.75, 3.05) is 27.4 Å². The van der Waals surface area contributed by atoms with Crippen molar-refractivity contribution in [1.29, 1.82) is 0 Å². The molecule has 4 nitrogen and oxygen atoms in total. The number of rotatable bonds is 9. The van der Waals surface area contributed by atoms with Crippen molar-refractivity contribution in [2.45, 2.75) is 31.9 Å². The van der Waals surface area contributed by atoms with E-state index in [1.54, 1.807) is 14.2 Å². The van der Waals surface area contributed by atoms with Gasteiger partial charge in [-0.15, -0.1) is 0 Å². The van der Waals surface area contributed by atoms with E-state index < -0.39 is 6.10 Å². The lowest BCUT2D eigenvalue weighted by molar-refractivity contribution is 0.0629. The van der Waals surface area contributed by atoms with Crippen molar-refractivity contribution in [2.24, 2.45) is 0 Å². The summed E-state index contributed by atoms with van der Waals surface area (Å²) in [6.45, 7) is 3.07. The van der Waals surface area contributed by atoms with Gasteiger partial charge in [0, 0.05) is 19.7 Å². The highest BCUT2D eigenvalue weighted by Crippen LogP contribution is 2.13. The monoisotopic (exact) mass is 267 g/mol. The number of ether oxygens (including phenoxy) is 2. The van der Waals surface area contributed by atoms with Gasteiger partial charge in [-0.2, -0.15) is 0 Å². The van der Waals surface area contributed by atoms with Gasteiger partial charge in [-0.25, -0.2) is 0 Å². The number of benzene rings is 1. The molecule has 0 spiro atoms. The van der Waals surface area contributed by atoms with Gasteiger partial charge in [0.25, 0.3) is 0 Å². The normalized spacial score (nSPS) is 14.1. The molecule has 19 heavy (non-hydrogen) atoms. The van der Waals surface area contributed by atoms with Crippen molar-refractivity contribution in [3.8, 4) is 5.75 Å². The highest BCUT2D eigenvalue weighted by molar-refractivity contribution is 5.27. The number of methoxy groups -OCH3 is 2. The Bertz CT molecular complexity index is 340. The smallest absolute Gasteiger partial charge is 0.118 e. The van der Waals surface area contributed by atoms with Gasteiger partial charge in [-0.05, 0) is 37.5 Å². The van der Waals surface area contributed by atoms with E-state index in [1.807, 2.05) is 12.1 Å². The first-order chi connectivity index (χ1) is 9.15. The minimum absolute atomic E-state index is 0.369. The minimum atomic E-state index is -0.437. The predicted octanol–water partition coefficient (Wildman–Crippen LogP) is 1.61. The molecule has 0 saturated heterocycles. The van der Waals surface area contributed by atoms with Crippen LogP contribution in [0.2, 0.25) is 0 Å². The number of nitrogens with one attached hydrogen (secondary N) is 1. The van der Waals surface area contributed by atoms with Crippen LogP contribution in [0, 0.1) is 0 Å². The SMILES string of the molecule is COCC(O)CNC(C)CCc1ccc(OC)cc1. The zero-order valence-corrected chi connectivity index (χ0v) is 12.1. The fourth-order valence-electron chi connectivity index (χ4n) is 1.87. The number of hydrogen-bond acceptors (Lipinski definition) is 4. The summed E-state index contributed by atoms with van der Waals surface area (Å²) in [5, 5.41) is 12.8. The zero-order chi connectivity index (χ0) is 14.1. The van der Waals surface area contributed by atoms with E-state index in [9.17, 15) is 5.11 Å². The maximum atomic E-state index is 9.54. The third-order valence-electron chi connectivity index (χ3n) is 3.09. The van der Waals surface area contributed by atoms with Crippen molar-refractivity contribution in [3.63, 3.8) is 0 Å². The first-order valence-electron chi connectivity index (χ1n) is 6.69. The predicted molar refractivity (Wildman–Crippen MR) is 76.7 cm³/mol. The van der Waals surface area contributed by atoms with E-state index in [0.717, 1.165) is 18.6 Å². The Morgan fingerprint density at radius 1 is 1.21 bits per heavy atom. The van der Waals surface area contributed by atoms with Crippen LogP contribution in [0.25, 0.3) is 0 Å². The van der Waals surface area contributed by atoms with Gasteiger partial charge in [-0.1, -0.05) is 12.1 Å². The van der Waals surface area contributed by atoms with E-state index in [2.05, 4.69) is 24.4 Å². The van der Waals surface area contributed by atoms with Crippen LogP contribution in [0.15, 0.2) is 24.3 Å². The van der Waals surface area contributed by atoms with E-state index >= 15 is 0 Å². The van der Waals surface area contributed by atoms with Gasteiger partial charge in [-0.3, -0.25) is 0 Å². The molecule has 1 aromatic rings. The Balaban J connectivity index is 2.23. The molecule has 1 rings (SSSR count). The molecule has 0 aromatic heterocycles. The van der Waals surface area contributed by atoms with Crippen LogP contribution in [0.4, 0.5) is 0 Å². The molecular formula is C15H25NO3. The zero-order valence-electron chi connectivity index (χ0n) is 12.1. The number of aryl methyl sites for hydroxylation is 1. The van der Waals surface area contributed by atoms with Crippen LogP contribution in [0.5, 0.6) is 5.75 Å². The molecule has 1 aromatic carbocycles. The minimum Gasteiger partial charge on any atom is -0.497 e. The second kappa shape index (κ2) is 8.91. The average molecular weight is 267 g/mol. The van der Waals surface area contributed by atoms with Crippen LogP contribution >= 0.6 is 0 Å². The summed E-state index contributed by atoms with van der Waals surface area (Å²) in [5.41, 5.74) is 1.30. The molecular weight excluding hydrogens is 242 g/mol. The lowest BCUT2D eigenvalue weighted by atomic mass is 10.1. The lowest BCUT2D eigenvalue weighted by Crippen LogP contribution is -2.36. The molecule has 0 amide bonds. The Morgan fingerprint density at radius 3 is 2.47 bits per heavy atom. The van der Waals surface area contributed by atoms with Gasteiger partial charge < -0.3 is 19.9 Å². The topological polar surface area (TPSA) is 50.7 Å². The van der Waals surface area contributed by atoms with E-state index in [0.29, 0.717) is 19.2 Å². The molecule has 2 unspecified atom stereocenters. The van der Waals surface area contributed by atoms with Gasteiger partial charge in [0.1, 0.15) is 5.75 Å². The molecule has 0 radical (unpaired) electrons. The quantitative estimate of drug-likeness (QED) is 0.714. The molecule has 0 saturated carbocycles. The van der Waals surface area contributed by atoms with Crippen LogP contribution in [-0.4, -0.2) is 44.6 Å². The standard InChI is InChI=1S/C15H25NO3/c1-12(16-10-14(17)11-18-2)4-5-13-6-8-15(19-3)9-7-13/h6-9,12,14,16-17H,4-5,10-11H2,1-3H3. The van der Waals surface area contributed by atoms with E-state index in [4.69, 9.17) is 9.47 Å². The number of aliphatic hydroxyl groups is 1. The van der Waals surface area contributed by atoms with Crippen molar-refractivity contribution >= 4 is 0 Å². The second-order valence-corrected chi connectivity index (χ2v) is 4.81. The molecule has 0 heterocycles. The molecule has 0 aliphatic heterocycles. The highest BCUT2D eigenvalue weighted by Gasteiger charge is 2.07. The molecule has 0 aliphatic carbocycles. The van der Waals surface area contributed by atoms with Gasteiger partial charge >= 0.3 is 0 Å². The Morgan fingerprint density at radius 2 is 1.89 bits per heavy atom. The van der Waals surface area contributed by atoms with E-state index in [1.165, 1.54) is 5.56 Å². The van der Waals surface area contributed by atoms with Crippen LogP contribution in [0.3, 0.4) is 0 Å². The summed E-state index contributed by atoms with van der Waals surface area (Å²) in [7, 11) is 3.27. The molecule has 2 N–H and O–H groups in total. The van der Waals surface area contributed by atoms with Crippen LogP contribution < -0.4 is 10.1 Å². The number of aliphatic hydroxyl groups excluding tert-OH is 1. The summed E-state index contributed by atoms with van der Waals surface area (Å²) in [4.78, 5) is 0. The van der Waals surface area contributed by atoms with Crippen molar-refractivity contribution in [3.05, 3.63) is 29.8 Å². The maximum absolute atomic E-state index is 9.54.